The van der Waals surface area contributed by atoms with E-state index >= 15 is 0 Å². The van der Waals surface area contributed by atoms with Crippen molar-refractivity contribution in [2.45, 2.75) is 44.6 Å². The summed E-state index contributed by atoms with van der Waals surface area (Å²) < 4.78 is 5.87. The van der Waals surface area contributed by atoms with Crippen LogP contribution in [-0.2, 0) is 0 Å². The van der Waals surface area contributed by atoms with Gasteiger partial charge in [0.25, 0.3) is 0 Å². The third-order valence-electron chi connectivity index (χ3n) is 3.70. The Bertz CT molecular complexity index is 532. The van der Waals surface area contributed by atoms with Gasteiger partial charge < -0.3 is 10.2 Å². The third kappa shape index (κ3) is 1.95. The van der Waals surface area contributed by atoms with Gasteiger partial charge in [-0.3, -0.25) is 0 Å². The molecule has 1 fully saturated rings. The molecular weight excluding hydrogens is 212 g/mol. The molecule has 17 heavy (non-hydrogen) atoms. The molecule has 1 aromatic carbocycles. The van der Waals surface area contributed by atoms with Crippen LogP contribution in [0.4, 0.5) is 0 Å². The molecule has 1 aliphatic rings. The number of fused-ring (bicyclic) bond motifs is 1. The van der Waals surface area contributed by atoms with E-state index < -0.39 is 0 Å². The van der Waals surface area contributed by atoms with E-state index in [9.17, 15) is 0 Å². The first kappa shape index (κ1) is 10.8. The minimum Gasteiger partial charge on any atom is -0.440 e. The lowest BCUT2D eigenvalue weighted by molar-refractivity contribution is 0.332. The molecular formula is C14H18N2O. The number of hydrogen-bond acceptors (Lipinski definition) is 3. The topological polar surface area (TPSA) is 52.0 Å². The van der Waals surface area contributed by atoms with Crippen molar-refractivity contribution in [3.05, 3.63) is 29.7 Å². The van der Waals surface area contributed by atoms with E-state index in [1.54, 1.807) is 0 Å². The van der Waals surface area contributed by atoms with Gasteiger partial charge in [0.05, 0.1) is 5.92 Å². The van der Waals surface area contributed by atoms with Crippen LogP contribution in [0.3, 0.4) is 0 Å². The van der Waals surface area contributed by atoms with Crippen molar-refractivity contribution >= 4 is 11.1 Å². The summed E-state index contributed by atoms with van der Waals surface area (Å²) in [6.07, 6.45) is 4.66. The summed E-state index contributed by atoms with van der Waals surface area (Å²) in [5, 5.41) is 0. The van der Waals surface area contributed by atoms with E-state index in [-0.39, 0.29) is 6.04 Å². The van der Waals surface area contributed by atoms with Gasteiger partial charge >= 0.3 is 0 Å². The van der Waals surface area contributed by atoms with Gasteiger partial charge in [-0.2, -0.15) is 0 Å². The molecule has 2 unspecified atom stereocenters. The average Bonchev–Trinajstić information content (AvgIpc) is 2.72. The fourth-order valence-electron chi connectivity index (χ4n) is 2.67. The normalized spacial score (nSPS) is 25.3. The van der Waals surface area contributed by atoms with Crippen molar-refractivity contribution in [2.75, 3.05) is 0 Å². The van der Waals surface area contributed by atoms with Crippen LogP contribution in [0.25, 0.3) is 11.1 Å². The second-order valence-corrected chi connectivity index (χ2v) is 5.08. The van der Waals surface area contributed by atoms with Crippen molar-refractivity contribution in [3.8, 4) is 0 Å². The Kier molecular flexibility index (Phi) is 2.63. The standard InChI is InChI=1S/C14H18N2O/c1-9-6-7-12-13(8-9)17-14(16-12)10-4-2-3-5-11(10)15/h6-8,10-11H,2-5,15H2,1H3. The Morgan fingerprint density at radius 2 is 2.12 bits per heavy atom. The molecule has 1 aliphatic carbocycles. The van der Waals surface area contributed by atoms with Crippen LogP contribution < -0.4 is 5.73 Å². The first-order chi connectivity index (χ1) is 8.24. The second-order valence-electron chi connectivity index (χ2n) is 5.08. The van der Waals surface area contributed by atoms with E-state index in [0.29, 0.717) is 5.92 Å². The summed E-state index contributed by atoms with van der Waals surface area (Å²) in [5.41, 5.74) is 9.20. The summed E-state index contributed by atoms with van der Waals surface area (Å²) in [5.74, 6) is 1.13. The monoisotopic (exact) mass is 230 g/mol. The molecule has 3 nitrogen and oxygen atoms in total. The number of hydrogen-bond donors (Lipinski definition) is 1. The second kappa shape index (κ2) is 4.15. The lowest BCUT2D eigenvalue weighted by Gasteiger charge is -2.25. The van der Waals surface area contributed by atoms with Crippen LogP contribution >= 0.6 is 0 Å². The number of nitrogens with two attached hydrogens (primary N) is 1. The Labute approximate surface area is 101 Å². The van der Waals surface area contributed by atoms with Gasteiger partial charge in [0.15, 0.2) is 11.5 Å². The van der Waals surface area contributed by atoms with E-state index in [4.69, 9.17) is 10.2 Å². The Morgan fingerprint density at radius 1 is 1.29 bits per heavy atom. The number of oxazole rings is 1. The molecule has 3 rings (SSSR count). The molecule has 90 valence electrons. The first-order valence-electron chi connectivity index (χ1n) is 6.37. The minimum atomic E-state index is 0.206. The van der Waals surface area contributed by atoms with Crippen molar-refractivity contribution < 1.29 is 4.42 Å². The maximum absolute atomic E-state index is 6.16. The van der Waals surface area contributed by atoms with Gasteiger partial charge in [-0.15, -0.1) is 0 Å². The van der Waals surface area contributed by atoms with Crippen LogP contribution in [0.2, 0.25) is 0 Å². The third-order valence-corrected chi connectivity index (χ3v) is 3.70. The molecule has 0 spiro atoms. The van der Waals surface area contributed by atoms with Gasteiger partial charge in [-0.25, -0.2) is 4.98 Å². The van der Waals surface area contributed by atoms with Crippen LogP contribution in [0.5, 0.6) is 0 Å². The number of benzene rings is 1. The van der Waals surface area contributed by atoms with E-state index in [1.165, 1.54) is 18.4 Å². The fraction of sp³-hybridized carbons (Fsp3) is 0.500. The summed E-state index contributed by atoms with van der Waals surface area (Å²) in [6, 6.07) is 6.33. The molecule has 1 heterocycles. The molecule has 0 aliphatic heterocycles. The van der Waals surface area contributed by atoms with Crippen LogP contribution in [0.1, 0.15) is 43.1 Å². The van der Waals surface area contributed by atoms with Crippen LogP contribution in [-0.4, -0.2) is 11.0 Å². The smallest absolute Gasteiger partial charge is 0.200 e. The largest absolute Gasteiger partial charge is 0.440 e. The quantitative estimate of drug-likeness (QED) is 0.818. The average molecular weight is 230 g/mol. The number of aromatic nitrogens is 1. The van der Waals surface area contributed by atoms with Gasteiger partial charge in [-0.1, -0.05) is 18.9 Å². The molecule has 2 aromatic rings. The lowest BCUT2D eigenvalue weighted by Crippen LogP contribution is -2.31. The Hall–Kier alpha value is -1.35. The molecule has 0 radical (unpaired) electrons. The number of aryl methyl sites for hydroxylation is 1. The highest BCUT2D eigenvalue weighted by Crippen LogP contribution is 2.33. The molecule has 0 amide bonds. The molecule has 3 heteroatoms. The highest BCUT2D eigenvalue weighted by molar-refractivity contribution is 5.73. The maximum atomic E-state index is 6.16. The van der Waals surface area contributed by atoms with Crippen molar-refractivity contribution in [2.24, 2.45) is 5.73 Å². The first-order valence-corrected chi connectivity index (χ1v) is 6.37. The van der Waals surface area contributed by atoms with Crippen molar-refractivity contribution in [1.82, 2.24) is 4.98 Å². The van der Waals surface area contributed by atoms with Crippen LogP contribution in [0, 0.1) is 6.92 Å². The van der Waals surface area contributed by atoms with E-state index in [1.807, 2.05) is 12.1 Å². The molecule has 1 saturated carbocycles. The van der Waals surface area contributed by atoms with Gasteiger partial charge in [0, 0.05) is 6.04 Å². The molecule has 1 aromatic heterocycles. The molecule has 0 bridgehead atoms. The van der Waals surface area contributed by atoms with Gasteiger partial charge in [0.2, 0.25) is 0 Å². The van der Waals surface area contributed by atoms with Crippen molar-refractivity contribution in [3.63, 3.8) is 0 Å². The predicted octanol–water partition coefficient (Wildman–Crippen LogP) is 3.12. The van der Waals surface area contributed by atoms with Crippen LogP contribution in [0.15, 0.2) is 22.6 Å². The van der Waals surface area contributed by atoms with Gasteiger partial charge in [-0.05, 0) is 37.5 Å². The summed E-state index contributed by atoms with van der Waals surface area (Å²) in [4.78, 5) is 4.58. The van der Waals surface area contributed by atoms with E-state index in [2.05, 4.69) is 18.0 Å². The predicted molar refractivity (Wildman–Crippen MR) is 67.9 cm³/mol. The Balaban J connectivity index is 1.99. The fourth-order valence-corrected chi connectivity index (χ4v) is 2.67. The summed E-state index contributed by atoms with van der Waals surface area (Å²) in [7, 11) is 0. The molecule has 2 atom stereocenters. The number of nitrogens with zero attached hydrogens (tertiary/aromatic N) is 1. The molecule has 0 saturated heterocycles. The Morgan fingerprint density at radius 3 is 2.94 bits per heavy atom. The van der Waals surface area contributed by atoms with E-state index in [0.717, 1.165) is 29.8 Å². The minimum absolute atomic E-state index is 0.206. The summed E-state index contributed by atoms with van der Waals surface area (Å²) in [6.45, 7) is 2.06. The highest BCUT2D eigenvalue weighted by Gasteiger charge is 2.27. The highest BCUT2D eigenvalue weighted by atomic mass is 16.3. The zero-order valence-electron chi connectivity index (χ0n) is 10.1. The summed E-state index contributed by atoms with van der Waals surface area (Å²) >= 11 is 0. The maximum Gasteiger partial charge on any atom is 0.200 e. The zero-order valence-corrected chi connectivity index (χ0v) is 10.1. The SMILES string of the molecule is Cc1ccc2nc(C3CCCCC3N)oc2c1. The number of rotatable bonds is 1. The zero-order chi connectivity index (χ0) is 11.8. The van der Waals surface area contributed by atoms with Gasteiger partial charge in [0.1, 0.15) is 5.52 Å². The van der Waals surface area contributed by atoms with Crippen molar-refractivity contribution in [1.29, 1.82) is 0 Å². The molecule has 2 N–H and O–H groups in total. The lowest BCUT2D eigenvalue weighted by atomic mass is 9.85.